The van der Waals surface area contributed by atoms with Crippen molar-refractivity contribution in [2.75, 3.05) is 0 Å². The van der Waals surface area contributed by atoms with Crippen molar-refractivity contribution in [1.82, 2.24) is 9.55 Å². The van der Waals surface area contributed by atoms with E-state index in [1.165, 1.54) is 0 Å². The molecular formula is C11H13FN2O5. The number of nitrogens with one attached hydrogen (secondary N) is 1. The summed E-state index contributed by atoms with van der Waals surface area (Å²) in [6, 6.07) is 1.06. The molecule has 0 aromatic carbocycles. The first-order valence-corrected chi connectivity index (χ1v) is 5.92. The first-order chi connectivity index (χ1) is 8.88. The molecule has 1 unspecified atom stereocenters. The summed E-state index contributed by atoms with van der Waals surface area (Å²) >= 11 is 0. The highest BCUT2D eigenvalue weighted by molar-refractivity contribution is 5.34. The van der Waals surface area contributed by atoms with Crippen LogP contribution in [0.4, 0.5) is 4.39 Å². The number of hydrogen-bond donors (Lipinski definition) is 3. The fourth-order valence-electron chi connectivity index (χ4n) is 2.92. The van der Waals surface area contributed by atoms with Crippen LogP contribution in [0.25, 0.3) is 0 Å². The minimum absolute atomic E-state index is 0.208. The molecule has 0 bridgehead atoms. The Hall–Kier alpha value is -1.51. The number of aliphatic hydroxyl groups is 2. The minimum atomic E-state index is -2.00. The van der Waals surface area contributed by atoms with Gasteiger partial charge in [0.05, 0.1) is 0 Å². The van der Waals surface area contributed by atoms with E-state index in [2.05, 4.69) is 0 Å². The van der Waals surface area contributed by atoms with E-state index >= 15 is 0 Å². The molecule has 1 aromatic rings. The lowest BCUT2D eigenvalue weighted by molar-refractivity contribution is -0.0942. The molecular weight excluding hydrogens is 259 g/mol. The lowest BCUT2D eigenvalue weighted by Gasteiger charge is -2.21. The molecule has 19 heavy (non-hydrogen) atoms. The van der Waals surface area contributed by atoms with Crippen molar-refractivity contribution in [2.24, 2.45) is 0 Å². The van der Waals surface area contributed by atoms with Crippen molar-refractivity contribution in [1.29, 1.82) is 0 Å². The number of ether oxygens (including phenoxy) is 1. The number of aliphatic hydroxyl groups excluding tert-OH is 1. The van der Waals surface area contributed by atoms with Crippen LogP contribution in [0.15, 0.2) is 21.9 Å². The highest BCUT2D eigenvalue weighted by atomic mass is 19.1. The predicted octanol–water partition coefficient (Wildman–Crippen LogP) is -1.34. The monoisotopic (exact) mass is 272 g/mol. The third kappa shape index (κ3) is 1.26. The third-order valence-corrected chi connectivity index (χ3v) is 4.11. The van der Waals surface area contributed by atoms with Gasteiger partial charge in [-0.25, -0.2) is 9.18 Å². The summed E-state index contributed by atoms with van der Waals surface area (Å²) in [4.78, 5) is 24.5. The van der Waals surface area contributed by atoms with E-state index in [1.807, 2.05) is 4.98 Å². The van der Waals surface area contributed by atoms with Crippen molar-refractivity contribution in [3.63, 3.8) is 0 Å². The first kappa shape index (κ1) is 12.5. The number of halogens is 1. The molecule has 5 atom stereocenters. The second kappa shape index (κ2) is 3.53. The highest BCUT2D eigenvalue weighted by Crippen LogP contribution is 2.64. The maximum absolute atomic E-state index is 14.3. The van der Waals surface area contributed by atoms with Crippen LogP contribution in [0.5, 0.6) is 0 Å². The van der Waals surface area contributed by atoms with Crippen LogP contribution >= 0.6 is 0 Å². The molecule has 0 amide bonds. The largest absolute Gasteiger partial charge is 0.387 e. The van der Waals surface area contributed by atoms with Gasteiger partial charge in [0.25, 0.3) is 5.56 Å². The second-order valence-electron chi connectivity index (χ2n) is 4.90. The Balaban J connectivity index is 2.02. The van der Waals surface area contributed by atoms with Gasteiger partial charge in [0.1, 0.15) is 11.7 Å². The number of fused-ring (bicyclic) bond motifs is 1. The zero-order valence-corrected chi connectivity index (χ0v) is 10.0. The lowest BCUT2D eigenvalue weighted by atomic mass is 10.1. The van der Waals surface area contributed by atoms with Crippen LogP contribution in [0.1, 0.15) is 19.6 Å². The molecule has 1 aliphatic carbocycles. The number of nitrogens with zero attached hydrogens (tertiary/aromatic N) is 1. The summed E-state index contributed by atoms with van der Waals surface area (Å²) in [6.45, 7) is 1.64. The summed E-state index contributed by atoms with van der Waals surface area (Å²) in [5.41, 5.74) is -4.82. The van der Waals surface area contributed by atoms with Crippen LogP contribution in [0, 0.1) is 0 Å². The Morgan fingerprint density at radius 3 is 2.79 bits per heavy atom. The van der Waals surface area contributed by atoms with Gasteiger partial charge in [-0.05, 0) is 6.42 Å². The van der Waals surface area contributed by atoms with Crippen molar-refractivity contribution in [2.45, 2.75) is 43.1 Å². The Bertz CT molecular complexity index is 638. The van der Waals surface area contributed by atoms with Crippen LogP contribution < -0.4 is 11.2 Å². The average molecular weight is 272 g/mol. The van der Waals surface area contributed by atoms with E-state index in [0.717, 1.165) is 16.8 Å². The number of aromatic nitrogens is 2. The molecule has 0 spiro atoms. The van der Waals surface area contributed by atoms with Gasteiger partial charge in [-0.15, -0.1) is 0 Å². The zero-order valence-electron chi connectivity index (χ0n) is 10.0. The van der Waals surface area contributed by atoms with Gasteiger partial charge in [0.2, 0.25) is 0 Å². The van der Waals surface area contributed by atoms with E-state index in [0.29, 0.717) is 0 Å². The van der Waals surface area contributed by atoms with E-state index in [4.69, 9.17) is 4.74 Å². The first-order valence-electron chi connectivity index (χ1n) is 5.92. The average Bonchev–Trinajstić information content (AvgIpc) is 2.73. The number of rotatable bonds is 2. The van der Waals surface area contributed by atoms with Crippen LogP contribution in [0.2, 0.25) is 0 Å². The number of aromatic amines is 1. The molecule has 8 heteroatoms. The van der Waals surface area contributed by atoms with Crippen molar-refractivity contribution < 1.29 is 19.3 Å². The molecule has 2 fully saturated rings. The molecule has 2 aliphatic rings. The van der Waals surface area contributed by atoms with E-state index in [-0.39, 0.29) is 6.42 Å². The van der Waals surface area contributed by atoms with Gasteiger partial charge < -0.3 is 14.9 Å². The predicted molar refractivity (Wildman–Crippen MR) is 60.3 cm³/mol. The van der Waals surface area contributed by atoms with Crippen molar-refractivity contribution in [3.8, 4) is 0 Å². The van der Waals surface area contributed by atoms with Crippen LogP contribution in [-0.2, 0) is 4.74 Å². The summed E-state index contributed by atoms with van der Waals surface area (Å²) in [5, 5.41) is 19.7. The van der Waals surface area contributed by atoms with Crippen LogP contribution in [0.3, 0.4) is 0 Å². The Labute approximate surface area is 106 Å². The summed E-state index contributed by atoms with van der Waals surface area (Å²) < 4.78 is 20.5. The molecule has 7 nitrogen and oxygen atoms in total. The minimum Gasteiger partial charge on any atom is -0.387 e. The van der Waals surface area contributed by atoms with E-state index in [9.17, 15) is 24.2 Å². The molecule has 1 saturated carbocycles. The van der Waals surface area contributed by atoms with E-state index < -0.39 is 41.0 Å². The molecule has 3 N–H and O–H groups in total. The van der Waals surface area contributed by atoms with Crippen molar-refractivity contribution >= 4 is 0 Å². The van der Waals surface area contributed by atoms with Gasteiger partial charge in [0.15, 0.2) is 18.0 Å². The molecule has 2 heterocycles. The molecule has 1 aliphatic heterocycles. The molecule has 0 radical (unpaired) electrons. The fraction of sp³-hybridized carbons (Fsp3) is 0.636. The van der Waals surface area contributed by atoms with Gasteiger partial charge in [-0.2, -0.15) is 0 Å². The molecule has 1 aromatic heterocycles. The quantitative estimate of drug-likeness (QED) is 0.618. The van der Waals surface area contributed by atoms with Crippen LogP contribution in [-0.4, -0.2) is 43.2 Å². The van der Waals surface area contributed by atoms with Crippen molar-refractivity contribution in [3.05, 3.63) is 33.1 Å². The molecule has 1 saturated heterocycles. The highest BCUT2D eigenvalue weighted by Gasteiger charge is 2.87. The zero-order chi connectivity index (χ0) is 14.0. The maximum atomic E-state index is 14.3. The Morgan fingerprint density at radius 1 is 1.58 bits per heavy atom. The Morgan fingerprint density at radius 2 is 2.26 bits per heavy atom. The van der Waals surface area contributed by atoms with Gasteiger partial charge >= 0.3 is 5.69 Å². The number of hydrogen-bond acceptors (Lipinski definition) is 5. The topological polar surface area (TPSA) is 105 Å². The number of H-pyrrole nitrogens is 1. The summed E-state index contributed by atoms with van der Waals surface area (Å²) in [6.07, 6.45) is -3.32. The van der Waals surface area contributed by atoms with E-state index in [1.54, 1.807) is 6.92 Å². The number of alkyl halides is 1. The third-order valence-electron chi connectivity index (χ3n) is 4.11. The lowest BCUT2D eigenvalue weighted by Crippen LogP contribution is -2.39. The standard InChI is InChI=1S/C11H13FN2O5/c1-2-10-8(16)11(10,18)6(12)7(19-10)14-4-3-5(15)13-9(14)17/h3-4,6-8,16,18H,2H2,1H3,(H,13,15,17)/t6-,7+,8?,10+,11+/m0/s1. The second-order valence-corrected chi connectivity index (χ2v) is 4.90. The summed E-state index contributed by atoms with van der Waals surface area (Å²) in [5.74, 6) is 0. The summed E-state index contributed by atoms with van der Waals surface area (Å²) in [7, 11) is 0. The maximum Gasteiger partial charge on any atom is 0.330 e. The fourth-order valence-corrected chi connectivity index (χ4v) is 2.92. The Kier molecular flexibility index (Phi) is 2.32. The van der Waals surface area contributed by atoms with Gasteiger partial charge in [0, 0.05) is 12.3 Å². The molecule has 104 valence electrons. The molecule has 3 rings (SSSR count). The van der Waals surface area contributed by atoms with Gasteiger partial charge in [-0.3, -0.25) is 14.3 Å². The SMILES string of the molecule is CC[C@]12O[C@@H](n3ccc(=O)[nH]c3=O)[C@H](F)[C@@]1(O)C2O. The normalized spacial score (nSPS) is 44.1. The smallest absolute Gasteiger partial charge is 0.330 e. The van der Waals surface area contributed by atoms with Gasteiger partial charge in [-0.1, -0.05) is 6.92 Å².